The molecule has 0 amide bonds. The third kappa shape index (κ3) is 8.99. The Bertz CT molecular complexity index is 888. The van der Waals surface area contributed by atoms with Crippen molar-refractivity contribution in [3.8, 4) is 0 Å². The van der Waals surface area contributed by atoms with Crippen LogP contribution in [0.15, 0.2) is 25.3 Å². The molecule has 2 atom stereocenters. The van der Waals surface area contributed by atoms with E-state index in [1.807, 2.05) is 0 Å². The van der Waals surface area contributed by atoms with Gasteiger partial charge < -0.3 is 18.9 Å². The zero-order chi connectivity index (χ0) is 31.8. The van der Waals surface area contributed by atoms with Crippen molar-refractivity contribution in [1.29, 1.82) is 0 Å². The summed E-state index contributed by atoms with van der Waals surface area (Å²) in [6.45, 7) is 0.289. The van der Waals surface area contributed by atoms with Crippen molar-refractivity contribution in [2.75, 3.05) is 26.4 Å². The lowest BCUT2D eigenvalue weighted by Crippen LogP contribution is -2.63. The molecule has 0 rings (SSSR count). The molecule has 0 aliphatic rings. The number of alkyl halides is 12. The highest BCUT2D eigenvalue weighted by Gasteiger charge is 2.78. The molecular formula is C18H14F12O10. The fourth-order valence-corrected chi connectivity index (χ4v) is 1.76. The normalized spacial score (nSPS) is 15.6. The van der Waals surface area contributed by atoms with Crippen molar-refractivity contribution in [2.24, 2.45) is 0 Å². The second-order valence-electron chi connectivity index (χ2n) is 6.44. The summed E-state index contributed by atoms with van der Waals surface area (Å²) >= 11 is 0. The second kappa shape index (κ2) is 13.2. The monoisotopic (exact) mass is 618 g/mol. The lowest BCUT2D eigenvalue weighted by Gasteiger charge is -2.35. The first kappa shape index (κ1) is 36.4. The van der Waals surface area contributed by atoms with Gasteiger partial charge >= 0.3 is 60.2 Å². The average molecular weight is 618 g/mol. The van der Waals surface area contributed by atoms with Gasteiger partial charge in [-0.15, -0.1) is 0 Å². The maximum atomic E-state index is 14.2. The molecule has 0 aromatic carbocycles. The summed E-state index contributed by atoms with van der Waals surface area (Å²) in [4.78, 5) is 44.3. The van der Waals surface area contributed by atoms with Gasteiger partial charge in [0.1, 0.15) is 26.4 Å². The molecule has 0 saturated carbocycles. The summed E-state index contributed by atoms with van der Waals surface area (Å²) in [7, 11) is 0. The highest BCUT2D eigenvalue weighted by molar-refractivity contribution is 5.82. The Balaban J connectivity index is 5.98. The smallest absolute Gasteiger partial charge is 0.459 e. The van der Waals surface area contributed by atoms with Gasteiger partial charge in [0.2, 0.25) is 0 Å². The summed E-state index contributed by atoms with van der Waals surface area (Å²) in [5.74, 6) is -22.9. The standard InChI is InChI=1S/C18H14F12O10/c1-3-9(31)35-5-7-37-11(33)13(19,15(21,22)23)39-17(27,28)18(29,30)40-14(20,16(24,25)26)12(34)38-8-6-36-10(32)4-2/h3-4H,1-2,5-8H2. The zero-order valence-corrected chi connectivity index (χ0v) is 19.0. The first-order valence-corrected chi connectivity index (χ1v) is 9.52. The third-order valence-corrected chi connectivity index (χ3v) is 3.59. The maximum absolute atomic E-state index is 14.2. The summed E-state index contributed by atoms with van der Waals surface area (Å²) in [6, 6.07) is 0. The lowest BCUT2D eigenvalue weighted by molar-refractivity contribution is -0.512. The quantitative estimate of drug-likeness (QED) is 0.0889. The number of halogens is 12. The van der Waals surface area contributed by atoms with Crippen LogP contribution in [0.3, 0.4) is 0 Å². The van der Waals surface area contributed by atoms with Gasteiger partial charge in [-0.05, 0) is 0 Å². The van der Waals surface area contributed by atoms with Crippen LogP contribution in [0, 0.1) is 0 Å². The Morgan fingerprint density at radius 3 is 0.975 bits per heavy atom. The molecule has 230 valence electrons. The average Bonchev–Trinajstić information content (AvgIpc) is 2.81. The van der Waals surface area contributed by atoms with Crippen molar-refractivity contribution in [3.63, 3.8) is 0 Å². The van der Waals surface area contributed by atoms with Gasteiger partial charge in [0.05, 0.1) is 0 Å². The largest absolute Gasteiger partial charge is 0.460 e. The molecule has 0 aliphatic heterocycles. The van der Waals surface area contributed by atoms with Crippen molar-refractivity contribution in [2.45, 2.75) is 36.3 Å². The number of ether oxygens (including phenoxy) is 6. The molecule has 0 bridgehead atoms. The van der Waals surface area contributed by atoms with Crippen LogP contribution in [0.5, 0.6) is 0 Å². The number of rotatable bonds is 15. The number of carbonyl (C=O) groups is 4. The van der Waals surface area contributed by atoms with E-state index in [9.17, 15) is 71.9 Å². The minimum Gasteiger partial charge on any atom is -0.459 e. The van der Waals surface area contributed by atoms with Crippen molar-refractivity contribution >= 4 is 23.9 Å². The van der Waals surface area contributed by atoms with Crippen molar-refractivity contribution in [1.82, 2.24) is 0 Å². The summed E-state index contributed by atoms with van der Waals surface area (Å²) < 4.78 is 181. The summed E-state index contributed by atoms with van der Waals surface area (Å²) in [5, 5.41) is 0. The Labute approximate surface area is 213 Å². The number of carbonyl (C=O) groups excluding carboxylic acids is 4. The molecule has 0 saturated heterocycles. The molecule has 0 aromatic heterocycles. The van der Waals surface area contributed by atoms with Gasteiger partial charge in [-0.2, -0.15) is 52.7 Å². The molecule has 22 heteroatoms. The van der Waals surface area contributed by atoms with Crippen LogP contribution in [0.4, 0.5) is 52.7 Å². The van der Waals surface area contributed by atoms with Crippen molar-refractivity contribution < 1.29 is 100 Å². The van der Waals surface area contributed by atoms with Gasteiger partial charge in [0.25, 0.3) is 0 Å². The van der Waals surface area contributed by atoms with E-state index >= 15 is 0 Å². The van der Waals surface area contributed by atoms with E-state index in [-0.39, 0.29) is 0 Å². The lowest BCUT2D eigenvalue weighted by atomic mass is 10.3. The van der Waals surface area contributed by atoms with Crippen LogP contribution in [-0.4, -0.2) is 86.6 Å². The first-order chi connectivity index (χ1) is 17.9. The molecule has 0 spiro atoms. The minimum atomic E-state index is -7.33. The fourth-order valence-electron chi connectivity index (χ4n) is 1.76. The van der Waals surface area contributed by atoms with E-state index in [1.165, 1.54) is 0 Å². The van der Waals surface area contributed by atoms with E-state index in [2.05, 4.69) is 41.6 Å². The molecule has 0 aliphatic carbocycles. The number of hydrogen-bond acceptors (Lipinski definition) is 10. The SMILES string of the molecule is C=CC(=O)OCCOC(=O)C(F)(OC(F)(F)C(F)(F)OC(F)(C(=O)OCCOC(=O)C=C)C(F)(F)F)C(F)(F)F. The van der Waals surface area contributed by atoms with E-state index in [0.717, 1.165) is 0 Å². The molecule has 0 fully saturated rings. The highest BCUT2D eigenvalue weighted by Crippen LogP contribution is 2.49. The van der Waals surface area contributed by atoms with E-state index in [0.29, 0.717) is 12.2 Å². The third-order valence-electron chi connectivity index (χ3n) is 3.59. The molecule has 0 radical (unpaired) electrons. The van der Waals surface area contributed by atoms with Gasteiger partial charge in [-0.25, -0.2) is 19.2 Å². The highest BCUT2D eigenvalue weighted by atomic mass is 19.4. The Hall–Kier alpha value is -3.56. The molecule has 2 unspecified atom stereocenters. The molecular weight excluding hydrogens is 604 g/mol. The molecule has 0 aromatic rings. The Morgan fingerprint density at radius 2 is 0.750 bits per heavy atom. The van der Waals surface area contributed by atoms with Crippen LogP contribution in [0.1, 0.15) is 0 Å². The summed E-state index contributed by atoms with van der Waals surface area (Å²) in [5.41, 5.74) is 0. The van der Waals surface area contributed by atoms with Crippen LogP contribution >= 0.6 is 0 Å². The van der Waals surface area contributed by atoms with Gasteiger partial charge in [0.15, 0.2) is 0 Å². The predicted octanol–water partition coefficient (Wildman–Crippen LogP) is 3.21. The van der Waals surface area contributed by atoms with E-state index < -0.39 is 86.6 Å². The Kier molecular flexibility index (Phi) is 12.0. The molecule has 40 heavy (non-hydrogen) atoms. The van der Waals surface area contributed by atoms with E-state index in [4.69, 9.17) is 0 Å². The minimum absolute atomic E-state index is 0.474. The van der Waals surface area contributed by atoms with Crippen LogP contribution in [0.2, 0.25) is 0 Å². The zero-order valence-electron chi connectivity index (χ0n) is 19.0. The fraction of sp³-hybridized carbons (Fsp3) is 0.556. The van der Waals surface area contributed by atoms with Gasteiger partial charge in [-0.3, -0.25) is 9.47 Å². The predicted molar refractivity (Wildman–Crippen MR) is 96.1 cm³/mol. The molecule has 0 heterocycles. The van der Waals surface area contributed by atoms with Crippen LogP contribution in [0.25, 0.3) is 0 Å². The maximum Gasteiger partial charge on any atom is 0.460 e. The van der Waals surface area contributed by atoms with Crippen LogP contribution in [-0.2, 0) is 47.6 Å². The number of esters is 4. The topological polar surface area (TPSA) is 124 Å². The second-order valence-corrected chi connectivity index (χ2v) is 6.44. The number of hydrogen-bond donors (Lipinski definition) is 0. The first-order valence-electron chi connectivity index (χ1n) is 9.52. The van der Waals surface area contributed by atoms with Crippen molar-refractivity contribution in [3.05, 3.63) is 25.3 Å². The van der Waals surface area contributed by atoms with Gasteiger partial charge in [-0.1, -0.05) is 13.2 Å². The molecule has 10 nitrogen and oxygen atoms in total. The Morgan fingerprint density at radius 1 is 0.500 bits per heavy atom. The van der Waals surface area contributed by atoms with Crippen LogP contribution < -0.4 is 0 Å². The summed E-state index contributed by atoms with van der Waals surface area (Å²) in [6.07, 6.45) is -27.8. The molecule has 0 N–H and O–H groups in total. The van der Waals surface area contributed by atoms with Gasteiger partial charge in [0, 0.05) is 12.2 Å². The van der Waals surface area contributed by atoms with E-state index in [1.54, 1.807) is 0 Å².